The van der Waals surface area contributed by atoms with Crippen LogP contribution < -0.4 is 4.74 Å². The zero-order valence-corrected chi connectivity index (χ0v) is 8.79. The topological polar surface area (TPSA) is 29.5 Å². The first-order valence-electron chi connectivity index (χ1n) is 4.36. The van der Waals surface area contributed by atoms with Gasteiger partial charge in [0.25, 0.3) is 0 Å². The molecular weight excluding hydrogens is 200 g/mol. The van der Waals surface area contributed by atoms with Crippen molar-refractivity contribution in [3.63, 3.8) is 0 Å². The van der Waals surface area contributed by atoms with Crippen molar-refractivity contribution in [1.82, 2.24) is 0 Å². The Morgan fingerprint density at radius 2 is 2.36 bits per heavy atom. The summed E-state index contributed by atoms with van der Waals surface area (Å²) in [7, 11) is 0. The molecule has 0 radical (unpaired) electrons. The Hall–Kier alpha value is -0.990. The Labute approximate surface area is 88.8 Å². The SMILES string of the molecule is C=CC(C)Oc1ccc(Cl)cc1CO. The second-order valence-corrected chi connectivity index (χ2v) is 3.41. The minimum absolute atomic E-state index is 0.0820. The molecule has 0 aliphatic heterocycles. The largest absolute Gasteiger partial charge is 0.486 e. The average Bonchev–Trinajstić information content (AvgIpc) is 2.20. The van der Waals surface area contributed by atoms with E-state index in [9.17, 15) is 0 Å². The van der Waals surface area contributed by atoms with Crippen LogP contribution in [-0.2, 0) is 6.61 Å². The second kappa shape index (κ2) is 5.03. The number of aliphatic hydroxyl groups is 1. The van der Waals surface area contributed by atoms with Crippen molar-refractivity contribution >= 4 is 11.6 Å². The van der Waals surface area contributed by atoms with Crippen molar-refractivity contribution in [2.75, 3.05) is 0 Å². The number of hydrogen-bond acceptors (Lipinski definition) is 2. The van der Waals surface area contributed by atoms with Crippen molar-refractivity contribution in [2.24, 2.45) is 0 Å². The molecule has 0 aliphatic rings. The molecule has 0 heterocycles. The lowest BCUT2D eigenvalue weighted by molar-refractivity contribution is 0.244. The first-order chi connectivity index (χ1) is 6.67. The highest BCUT2D eigenvalue weighted by molar-refractivity contribution is 6.30. The number of aliphatic hydroxyl groups excluding tert-OH is 1. The molecule has 0 saturated heterocycles. The molecule has 2 nitrogen and oxygen atoms in total. The summed E-state index contributed by atoms with van der Waals surface area (Å²) < 4.78 is 5.50. The van der Waals surface area contributed by atoms with Crippen molar-refractivity contribution in [3.8, 4) is 5.75 Å². The van der Waals surface area contributed by atoms with Crippen molar-refractivity contribution in [3.05, 3.63) is 41.4 Å². The zero-order valence-electron chi connectivity index (χ0n) is 8.03. The van der Waals surface area contributed by atoms with Crippen LogP contribution in [0.3, 0.4) is 0 Å². The minimum Gasteiger partial charge on any atom is -0.486 e. The van der Waals surface area contributed by atoms with E-state index < -0.39 is 0 Å². The molecule has 1 aromatic carbocycles. The summed E-state index contributed by atoms with van der Waals surface area (Å²) >= 11 is 5.78. The molecule has 14 heavy (non-hydrogen) atoms. The summed E-state index contributed by atoms with van der Waals surface area (Å²) in [5.74, 6) is 0.643. The van der Waals surface area contributed by atoms with Gasteiger partial charge in [-0.15, -0.1) is 0 Å². The Bertz CT molecular complexity index is 323. The van der Waals surface area contributed by atoms with Crippen LogP contribution in [0, 0.1) is 0 Å². The van der Waals surface area contributed by atoms with E-state index in [1.54, 1.807) is 24.3 Å². The molecule has 0 aromatic heterocycles. The number of benzene rings is 1. The molecule has 0 amide bonds. The number of rotatable bonds is 4. The van der Waals surface area contributed by atoms with Crippen LogP contribution in [0.1, 0.15) is 12.5 Å². The fourth-order valence-electron chi connectivity index (χ4n) is 1.03. The molecule has 3 heteroatoms. The van der Waals surface area contributed by atoms with Gasteiger partial charge in [0.15, 0.2) is 0 Å². The Kier molecular flexibility index (Phi) is 3.98. The summed E-state index contributed by atoms with van der Waals surface area (Å²) in [6, 6.07) is 5.16. The standard InChI is InChI=1S/C11H13ClO2/c1-3-8(2)14-11-5-4-10(12)6-9(11)7-13/h3-6,8,13H,1,7H2,2H3. The van der Waals surface area contributed by atoms with Gasteiger partial charge < -0.3 is 9.84 Å². The highest BCUT2D eigenvalue weighted by Gasteiger charge is 2.05. The molecule has 0 fully saturated rings. The normalized spacial score (nSPS) is 12.2. The third-order valence-electron chi connectivity index (χ3n) is 1.84. The van der Waals surface area contributed by atoms with E-state index in [1.807, 2.05) is 6.92 Å². The fraction of sp³-hybridized carbons (Fsp3) is 0.273. The second-order valence-electron chi connectivity index (χ2n) is 2.97. The summed E-state index contributed by atoms with van der Waals surface area (Å²) in [5, 5.41) is 9.65. The predicted octanol–water partition coefficient (Wildman–Crippen LogP) is 2.79. The number of ether oxygens (including phenoxy) is 1. The first kappa shape index (κ1) is 11.1. The van der Waals surface area contributed by atoms with Gasteiger partial charge in [0.05, 0.1) is 6.61 Å². The van der Waals surface area contributed by atoms with Gasteiger partial charge in [-0.1, -0.05) is 24.3 Å². The molecule has 1 N–H and O–H groups in total. The molecule has 0 aliphatic carbocycles. The quantitative estimate of drug-likeness (QED) is 0.778. The summed E-state index contributed by atoms with van der Waals surface area (Å²) in [5.41, 5.74) is 0.686. The van der Waals surface area contributed by atoms with Crippen LogP contribution in [0.2, 0.25) is 5.02 Å². The van der Waals surface area contributed by atoms with Crippen LogP contribution in [-0.4, -0.2) is 11.2 Å². The molecule has 1 unspecified atom stereocenters. The highest BCUT2D eigenvalue weighted by atomic mass is 35.5. The molecule has 0 spiro atoms. The molecule has 1 aromatic rings. The van der Waals surface area contributed by atoms with Gasteiger partial charge >= 0.3 is 0 Å². The lowest BCUT2D eigenvalue weighted by Gasteiger charge is -2.13. The first-order valence-corrected chi connectivity index (χ1v) is 4.73. The van der Waals surface area contributed by atoms with Crippen LogP contribution in [0.15, 0.2) is 30.9 Å². The van der Waals surface area contributed by atoms with Gasteiger partial charge in [-0.25, -0.2) is 0 Å². The summed E-state index contributed by atoms with van der Waals surface area (Å²) in [6.07, 6.45) is 1.61. The van der Waals surface area contributed by atoms with E-state index in [0.717, 1.165) is 0 Å². The van der Waals surface area contributed by atoms with Gasteiger partial charge in [-0.05, 0) is 25.1 Å². The number of halogens is 1. The Morgan fingerprint density at radius 1 is 1.64 bits per heavy atom. The van der Waals surface area contributed by atoms with Crippen LogP contribution >= 0.6 is 11.6 Å². The van der Waals surface area contributed by atoms with E-state index >= 15 is 0 Å². The van der Waals surface area contributed by atoms with Gasteiger partial charge in [0.1, 0.15) is 11.9 Å². The third kappa shape index (κ3) is 2.76. The molecule has 0 saturated carbocycles. The van der Waals surface area contributed by atoms with Crippen LogP contribution in [0.25, 0.3) is 0 Å². The van der Waals surface area contributed by atoms with Crippen LogP contribution in [0.4, 0.5) is 0 Å². The molecule has 0 bridgehead atoms. The maximum atomic E-state index is 9.06. The van der Waals surface area contributed by atoms with Crippen LogP contribution in [0.5, 0.6) is 5.75 Å². The maximum Gasteiger partial charge on any atom is 0.125 e. The third-order valence-corrected chi connectivity index (χ3v) is 2.07. The van der Waals surface area contributed by atoms with Crippen molar-refractivity contribution < 1.29 is 9.84 Å². The van der Waals surface area contributed by atoms with Gasteiger partial charge in [-0.3, -0.25) is 0 Å². The lowest BCUT2D eigenvalue weighted by Crippen LogP contribution is -2.08. The highest BCUT2D eigenvalue weighted by Crippen LogP contribution is 2.23. The predicted molar refractivity (Wildman–Crippen MR) is 57.7 cm³/mol. The van der Waals surface area contributed by atoms with E-state index in [2.05, 4.69) is 6.58 Å². The van der Waals surface area contributed by atoms with Gasteiger partial charge in [0.2, 0.25) is 0 Å². The Morgan fingerprint density at radius 3 is 2.93 bits per heavy atom. The molecule has 76 valence electrons. The molecule has 1 rings (SSSR count). The minimum atomic E-state index is -0.0836. The average molecular weight is 213 g/mol. The van der Waals surface area contributed by atoms with E-state index in [-0.39, 0.29) is 12.7 Å². The summed E-state index contributed by atoms with van der Waals surface area (Å²) in [6.45, 7) is 5.41. The summed E-state index contributed by atoms with van der Waals surface area (Å²) in [4.78, 5) is 0. The zero-order chi connectivity index (χ0) is 10.6. The van der Waals surface area contributed by atoms with Gasteiger partial charge in [0, 0.05) is 10.6 Å². The van der Waals surface area contributed by atoms with E-state index in [0.29, 0.717) is 16.3 Å². The van der Waals surface area contributed by atoms with E-state index in [1.165, 1.54) is 0 Å². The van der Waals surface area contributed by atoms with E-state index in [4.69, 9.17) is 21.4 Å². The Balaban J connectivity index is 2.90. The number of hydrogen-bond donors (Lipinski definition) is 1. The monoisotopic (exact) mass is 212 g/mol. The van der Waals surface area contributed by atoms with Crippen molar-refractivity contribution in [2.45, 2.75) is 19.6 Å². The fourth-order valence-corrected chi connectivity index (χ4v) is 1.23. The lowest BCUT2D eigenvalue weighted by atomic mass is 10.2. The van der Waals surface area contributed by atoms with Crippen molar-refractivity contribution in [1.29, 1.82) is 0 Å². The maximum absolute atomic E-state index is 9.06. The molecular formula is C11H13ClO2. The smallest absolute Gasteiger partial charge is 0.125 e. The molecule has 1 atom stereocenters. The van der Waals surface area contributed by atoms with Gasteiger partial charge in [-0.2, -0.15) is 0 Å².